The van der Waals surface area contributed by atoms with E-state index in [4.69, 9.17) is 19.5 Å². The molecule has 7 heteroatoms. The first kappa shape index (κ1) is 17.1. The molecule has 0 bridgehead atoms. The van der Waals surface area contributed by atoms with Crippen LogP contribution in [0.25, 0.3) is 0 Å². The highest BCUT2D eigenvalue weighted by Gasteiger charge is 2.22. The molecule has 1 aromatic rings. The lowest BCUT2D eigenvalue weighted by atomic mass is 9.97. The molecule has 0 saturated carbocycles. The molecular weight excluding hydrogens is 284 g/mol. The predicted octanol–water partition coefficient (Wildman–Crippen LogP) is -0.238. The smallest absolute Gasteiger partial charge is 0.297 e. The number of aryl methyl sites for hydroxylation is 1. The van der Waals surface area contributed by atoms with E-state index in [-0.39, 0.29) is 31.1 Å². The second-order valence-corrected chi connectivity index (χ2v) is 5.87. The molecule has 0 unspecified atom stereocenters. The third kappa shape index (κ3) is 4.00. The van der Waals surface area contributed by atoms with Crippen LogP contribution in [-0.4, -0.2) is 50.2 Å². The molecule has 0 fully saturated rings. The van der Waals surface area contributed by atoms with Crippen LogP contribution in [0.3, 0.4) is 0 Å². The van der Waals surface area contributed by atoms with Crippen molar-refractivity contribution in [2.24, 2.45) is 0 Å². The van der Waals surface area contributed by atoms with Gasteiger partial charge < -0.3 is 15.3 Å². The fraction of sp³-hybridized carbons (Fsp3) is 0.538. The first-order chi connectivity index (χ1) is 9.47. The van der Waals surface area contributed by atoms with Crippen molar-refractivity contribution >= 4 is 10.1 Å². The van der Waals surface area contributed by atoms with Crippen molar-refractivity contribution in [1.29, 1.82) is 0 Å². The Hall–Kier alpha value is -0.990. The normalized spacial score (nSPS) is 11.8. The van der Waals surface area contributed by atoms with Crippen molar-refractivity contribution in [3.8, 4) is 0 Å². The SMILES string of the molecule is Cc1ccc(S(=O)(=O)OCCO)c(CCO)c1CCO. The summed E-state index contributed by atoms with van der Waals surface area (Å²) in [6.07, 6.45) is 0.471. The van der Waals surface area contributed by atoms with E-state index < -0.39 is 16.7 Å². The van der Waals surface area contributed by atoms with Crippen LogP contribution >= 0.6 is 0 Å². The molecule has 0 aliphatic heterocycles. The molecular formula is C13H20O6S. The van der Waals surface area contributed by atoms with E-state index >= 15 is 0 Å². The summed E-state index contributed by atoms with van der Waals surface area (Å²) in [4.78, 5) is -0.0194. The maximum atomic E-state index is 12.1. The van der Waals surface area contributed by atoms with Gasteiger partial charge in [0.1, 0.15) is 0 Å². The van der Waals surface area contributed by atoms with Crippen LogP contribution in [-0.2, 0) is 27.1 Å². The molecule has 0 atom stereocenters. The Morgan fingerprint density at radius 2 is 1.60 bits per heavy atom. The highest BCUT2D eigenvalue weighted by molar-refractivity contribution is 7.86. The summed E-state index contributed by atoms with van der Waals surface area (Å²) >= 11 is 0. The molecule has 3 N–H and O–H groups in total. The van der Waals surface area contributed by atoms with Crippen molar-refractivity contribution < 1.29 is 27.9 Å². The van der Waals surface area contributed by atoms with Gasteiger partial charge in [0.15, 0.2) is 0 Å². The van der Waals surface area contributed by atoms with E-state index in [1.807, 2.05) is 6.92 Å². The van der Waals surface area contributed by atoms with Gasteiger partial charge in [-0.2, -0.15) is 8.42 Å². The summed E-state index contributed by atoms with van der Waals surface area (Å²) in [5.74, 6) is 0. The lowest BCUT2D eigenvalue weighted by Crippen LogP contribution is -2.15. The Morgan fingerprint density at radius 1 is 1.00 bits per heavy atom. The summed E-state index contributed by atoms with van der Waals surface area (Å²) in [7, 11) is -3.99. The first-order valence-electron chi connectivity index (χ1n) is 6.31. The Bertz CT molecular complexity index is 538. The van der Waals surface area contributed by atoms with Crippen LogP contribution < -0.4 is 0 Å². The minimum absolute atomic E-state index is 0.0194. The molecule has 1 aromatic carbocycles. The van der Waals surface area contributed by atoms with Gasteiger partial charge in [0.25, 0.3) is 10.1 Å². The van der Waals surface area contributed by atoms with Crippen molar-refractivity contribution in [3.05, 3.63) is 28.8 Å². The summed E-state index contributed by atoms with van der Waals surface area (Å²) < 4.78 is 28.9. The second kappa shape index (κ2) is 7.70. The number of hydrogen-bond acceptors (Lipinski definition) is 6. The van der Waals surface area contributed by atoms with Crippen molar-refractivity contribution in [2.75, 3.05) is 26.4 Å². The molecule has 0 radical (unpaired) electrons. The molecule has 1 rings (SSSR count). The van der Waals surface area contributed by atoms with Gasteiger partial charge in [0.2, 0.25) is 0 Å². The lowest BCUT2D eigenvalue weighted by Gasteiger charge is -2.16. The summed E-state index contributed by atoms with van der Waals surface area (Å²) in [5.41, 5.74) is 2.01. The number of aliphatic hydroxyl groups is 3. The minimum atomic E-state index is -3.99. The van der Waals surface area contributed by atoms with Gasteiger partial charge in [-0.05, 0) is 42.5 Å². The molecule has 0 aromatic heterocycles. The minimum Gasteiger partial charge on any atom is -0.396 e. The highest BCUT2D eigenvalue weighted by Crippen LogP contribution is 2.25. The molecule has 6 nitrogen and oxygen atoms in total. The summed E-state index contributed by atoms with van der Waals surface area (Å²) in [6.45, 7) is 0.787. The number of benzene rings is 1. The average molecular weight is 304 g/mol. The Kier molecular flexibility index (Phi) is 6.57. The number of aliphatic hydroxyl groups excluding tert-OH is 3. The van der Waals surface area contributed by atoms with E-state index in [1.165, 1.54) is 6.07 Å². The van der Waals surface area contributed by atoms with Crippen LogP contribution in [0.1, 0.15) is 16.7 Å². The van der Waals surface area contributed by atoms with Crippen LogP contribution in [0.5, 0.6) is 0 Å². The van der Waals surface area contributed by atoms with E-state index in [2.05, 4.69) is 0 Å². The third-order valence-corrected chi connectivity index (χ3v) is 4.34. The zero-order valence-electron chi connectivity index (χ0n) is 11.4. The van der Waals surface area contributed by atoms with Gasteiger partial charge in [-0.3, -0.25) is 4.18 Å². The van der Waals surface area contributed by atoms with E-state index in [0.29, 0.717) is 17.5 Å². The summed E-state index contributed by atoms with van der Waals surface area (Å²) in [5, 5.41) is 26.9. The van der Waals surface area contributed by atoms with Crippen LogP contribution in [0.2, 0.25) is 0 Å². The standard InChI is InChI=1S/C13H20O6S/c1-10-2-3-13(20(17,18)19-9-8-16)12(5-7-15)11(10)4-6-14/h2-3,14-16H,4-9H2,1H3. The molecule has 0 heterocycles. The largest absolute Gasteiger partial charge is 0.396 e. The van der Waals surface area contributed by atoms with E-state index in [1.54, 1.807) is 6.07 Å². The van der Waals surface area contributed by atoms with E-state index in [9.17, 15) is 8.42 Å². The van der Waals surface area contributed by atoms with E-state index in [0.717, 1.165) is 5.56 Å². The zero-order chi connectivity index (χ0) is 15.2. The molecule has 20 heavy (non-hydrogen) atoms. The van der Waals surface area contributed by atoms with Gasteiger partial charge in [-0.25, -0.2) is 0 Å². The topological polar surface area (TPSA) is 104 Å². The second-order valence-electron chi connectivity index (χ2n) is 4.28. The third-order valence-electron chi connectivity index (χ3n) is 2.95. The molecule has 0 amide bonds. The van der Waals surface area contributed by atoms with Crippen molar-refractivity contribution in [2.45, 2.75) is 24.7 Å². The number of rotatable bonds is 8. The summed E-state index contributed by atoms with van der Waals surface area (Å²) in [6, 6.07) is 3.06. The maximum absolute atomic E-state index is 12.1. The predicted molar refractivity (Wildman–Crippen MR) is 73.0 cm³/mol. The highest BCUT2D eigenvalue weighted by atomic mass is 32.2. The van der Waals surface area contributed by atoms with Crippen LogP contribution in [0.4, 0.5) is 0 Å². The Morgan fingerprint density at radius 3 is 2.15 bits per heavy atom. The van der Waals surface area contributed by atoms with Gasteiger partial charge in [0, 0.05) is 13.2 Å². The molecule has 114 valence electrons. The van der Waals surface area contributed by atoms with Crippen LogP contribution in [0, 0.1) is 6.92 Å². The Labute approximate surface area is 118 Å². The monoisotopic (exact) mass is 304 g/mol. The fourth-order valence-electron chi connectivity index (χ4n) is 2.08. The van der Waals surface area contributed by atoms with Gasteiger partial charge in [0.05, 0.1) is 18.1 Å². The lowest BCUT2D eigenvalue weighted by molar-refractivity contribution is 0.205. The fourth-order valence-corrected chi connectivity index (χ4v) is 3.26. The zero-order valence-corrected chi connectivity index (χ0v) is 12.2. The molecule has 0 aliphatic rings. The number of hydrogen-bond donors (Lipinski definition) is 3. The maximum Gasteiger partial charge on any atom is 0.297 e. The van der Waals surface area contributed by atoms with Gasteiger partial charge in [-0.1, -0.05) is 6.07 Å². The van der Waals surface area contributed by atoms with Crippen molar-refractivity contribution in [3.63, 3.8) is 0 Å². The van der Waals surface area contributed by atoms with Crippen molar-refractivity contribution in [1.82, 2.24) is 0 Å². The molecule has 0 saturated heterocycles. The van der Waals surface area contributed by atoms with Crippen LogP contribution in [0.15, 0.2) is 17.0 Å². The Balaban J connectivity index is 3.35. The molecule has 0 spiro atoms. The van der Waals surface area contributed by atoms with Gasteiger partial charge in [-0.15, -0.1) is 0 Å². The van der Waals surface area contributed by atoms with Gasteiger partial charge >= 0.3 is 0 Å². The first-order valence-corrected chi connectivity index (χ1v) is 7.72. The quantitative estimate of drug-likeness (QED) is 0.573. The molecule has 0 aliphatic carbocycles. The average Bonchev–Trinajstić information content (AvgIpc) is 2.40.